The zero-order valence-electron chi connectivity index (χ0n) is 9.81. The zero-order chi connectivity index (χ0) is 15.0. The molecule has 20 heavy (non-hydrogen) atoms. The largest absolute Gasteiger partial charge is 0.416 e. The van der Waals surface area contributed by atoms with Gasteiger partial charge in [-0.15, -0.1) is 0 Å². The molecule has 0 saturated carbocycles. The maximum absolute atomic E-state index is 12.7. The Kier molecular flexibility index (Phi) is 3.50. The third-order valence-electron chi connectivity index (χ3n) is 2.63. The lowest BCUT2D eigenvalue weighted by molar-refractivity contribution is -0.143. The van der Waals surface area contributed by atoms with E-state index < -0.39 is 23.5 Å². The predicted octanol–water partition coefficient (Wildman–Crippen LogP) is 5.19. The fourth-order valence-corrected chi connectivity index (χ4v) is 1.69. The Morgan fingerprint density at radius 3 is 1.70 bits per heavy atom. The van der Waals surface area contributed by atoms with E-state index >= 15 is 0 Å². The van der Waals surface area contributed by atoms with Crippen molar-refractivity contribution >= 4 is 0 Å². The fraction of sp³-hybridized carbons (Fsp3) is 0.143. The molecule has 0 aliphatic heterocycles. The maximum Gasteiger partial charge on any atom is 0.416 e. The highest BCUT2D eigenvalue weighted by molar-refractivity contribution is 5.65. The van der Waals surface area contributed by atoms with E-state index in [1.165, 1.54) is 24.3 Å². The first-order valence-electron chi connectivity index (χ1n) is 5.44. The standard InChI is InChI=1S/C14H7F6/c15-13(16,17)11-6-10(9-4-2-1-3-5-9)7-12(8-11)14(18,19)20/h1-2,4-8H. The van der Waals surface area contributed by atoms with E-state index in [1.54, 1.807) is 0 Å². The van der Waals surface area contributed by atoms with Crippen LogP contribution < -0.4 is 0 Å². The smallest absolute Gasteiger partial charge is 0.166 e. The highest BCUT2D eigenvalue weighted by Crippen LogP contribution is 2.38. The van der Waals surface area contributed by atoms with Crippen molar-refractivity contribution in [3.05, 3.63) is 59.7 Å². The number of alkyl halides is 6. The molecule has 6 heteroatoms. The molecule has 105 valence electrons. The molecule has 0 aliphatic rings. The van der Waals surface area contributed by atoms with E-state index in [1.807, 2.05) is 0 Å². The van der Waals surface area contributed by atoms with E-state index in [0.29, 0.717) is 12.1 Å². The normalized spacial score (nSPS) is 12.5. The van der Waals surface area contributed by atoms with Crippen molar-refractivity contribution in [2.75, 3.05) is 0 Å². The van der Waals surface area contributed by atoms with Crippen LogP contribution in [0.2, 0.25) is 0 Å². The van der Waals surface area contributed by atoms with E-state index in [2.05, 4.69) is 6.07 Å². The average molecular weight is 289 g/mol. The van der Waals surface area contributed by atoms with Crippen LogP contribution in [0.15, 0.2) is 42.5 Å². The van der Waals surface area contributed by atoms with E-state index in [-0.39, 0.29) is 17.2 Å². The first-order chi connectivity index (χ1) is 9.18. The van der Waals surface area contributed by atoms with Gasteiger partial charge in [0, 0.05) is 0 Å². The van der Waals surface area contributed by atoms with Crippen molar-refractivity contribution in [1.82, 2.24) is 0 Å². The molecule has 0 aromatic heterocycles. The fourth-order valence-electron chi connectivity index (χ4n) is 1.69. The van der Waals surface area contributed by atoms with Crippen LogP contribution >= 0.6 is 0 Å². The van der Waals surface area contributed by atoms with Crippen molar-refractivity contribution in [3.63, 3.8) is 0 Å². The number of halogens is 6. The SMILES string of the molecule is FC(F)(F)c1cc(-c2c[c]ccc2)cc(C(F)(F)F)c1. The Morgan fingerprint density at radius 2 is 1.30 bits per heavy atom. The van der Waals surface area contributed by atoms with Gasteiger partial charge in [-0.25, -0.2) is 0 Å². The molecule has 0 bridgehead atoms. The molecule has 0 aliphatic carbocycles. The molecule has 2 rings (SSSR count). The van der Waals surface area contributed by atoms with Crippen LogP contribution in [0.1, 0.15) is 11.1 Å². The van der Waals surface area contributed by atoms with Crippen LogP contribution in [0.3, 0.4) is 0 Å². The highest BCUT2D eigenvalue weighted by Gasteiger charge is 2.36. The molecule has 2 aromatic rings. The number of benzene rings is 2. The number of hydrogen-bond donors (Lipinski definition) is 0. The lowest BCUT2D eigenvalue weighted by Crippen LogP contribution is -2.11. The van der Waals surface area contributed by atoms with Gasteiger partial charge < -0.3 is 0 Å². The molecule has 0 amide bonds. The minimum absolute atomic E-state index is 0.107. The summed E-state index contributed by atoms with van der Waals surface area (Å²) in [6.45, 7) is 0. The first kappa shape index (κ1) is 14.4. The summed E-state index contributed by atoms with van der Waals surface area (Å²) in [5.74, 6) is 0. The van der Waals surface area contributed by atoms with E-state index in [4.69, 9.17) is 0 Å². The zero-order valence-corrected chi connectivity index (χ0v) is 9.81. The molecular formula is C14H7F6. The Bertz CT molecular complexity index is 563. The van der Waals surface area contributed by atoms with Crippen LogP contribution in [0, 0.1) is 6.07 Å². The van der Waals surface area contributed by atoms with Crippen LogP contribution in [0.25, 0.3) is 11.1 Å². The average Bonchev–Trinajstić information content (AvgIpc) is 2.37. The lowest BCUT2D eigenvalue weighted by atomic mass is 9.99. The van der Waals surface area contributed by atoms with Gasteiger partial charge in [-0.1, -0.05) is 18.2 Å². The molecule has 0 heterocycles. The van der Waals surface area contributed by atoms with Gasteiger partial charge in [-0.3, -0.25) is 0 Å². The van der Waals surface area contributed by atoms with Gasteiger partial charge >= 0.3 is 12.4 Å². The van der Waals surface area contributed by atoms with Gasteiger partial charge in [-0.05, 0) is 41.5 Å². The van der Waals surface area contributed by atoms with Gasteiger partial charge in [0.2, 0.25) is 0 Å². The molecule has 0 atom stereocenters. The minimum Gasteiger partial charge on any atom is -0.166 e. The molecule has 0 fully saturated rings. The monoisotopic (exact) mass is 289 g/mol. The van der Waals surface area contributed by atoms with Crippen LogP contribution in [0.5, 0.6) is 0 Å². The summed E-state index contributed by atoms with van der Waals surface area (Å²) in [6, 6.07) is 9.85. The number of rotatable bonds is 1. The Labute approximate surface area is 110 Å². The summed E-state index contributed by atoms with van der Waals surface area (Å²) in [5.41, 5.74) is -2.56. The van der Waals surface area contributed by atoms with Crippen LogP contribution in [0.4, 0.5) is 26.3 Å². The lowest BCUT2D eigenvalue weighted by Gasteiger charge is -2.14. The predicted molar refractivity (Wildman–Crippen MR) is 60.7 cm³/mol. The summed E-state index contributed by atoms with van der Waals surface area (Å²) in [5, 5.41) is 0. The maximum atomic E-state index is 12.7. The number of hydrogen-bond acceptors (Lipinski definition) is 0. The van der Waals surface area contributed by atoms with Gasteiger partial charge in [0.05, 0.1) is 11.1 Å². The second kappa shape index (κ2) is 4.85. The van der Waals surface area contributed by atoms with Crippen molar-refractivity contribution in [1.29, 1.82) is 0 Å². The second-order valence-electron chi connectivity index (χ2n) is 4.09. The summed E-state index contributed by atoms with van der Waals surface area (Å²) in [4.78, 5) is 0. The van der Waals surface area contributed by atoms with Crippen molar-refractivity contribution in [3.8, 4) is 11.1 Å². The topological polar surface area (TPSA) is 0 Å². The summed E-state index contributed by atoms with van der Waals surface area (Å²) in [6.07, 6.45) is -9.68. The second-order valence-corrected chi connectivity index (χ2v) is 4.09. The van der Waals surface area contributed by atoms with Crippen molar-refractivity contribution < 1.29 is 26.3 Å². The molecule has 0 spiro atoms. The van der Waals surface area contributed by atoms with E-state index in [9.17, 15) is 26.3 Å². The van der Waals surface area contributed by atoms with E-state index in [0.717, 1.165) is 0 Å². The molecule has 2 aromatic carbocycles. The van der Waals surface area contributed by atoms with Gasteiger partial charge in [0.15, 0.2) is 0 Å². The first-order valence-corrected chi connectivity index (χ1v) is 5.44. The van der Waals surface area contributed by atoms with Crippen molar-refractivity contribution in [2.45, 2.75) is 12.4 Å². The Morgan fingerprint density at radius 1 is 0.750 bits per heavy atom. The quantitative estimate of drug-likeness (QED) is 0.634. The van der Waals surface area contributed by atoms with Crippen LogP contribution in [-0.4, -0.2) is 0 Å². The van der Waals surface area contributed by atoms with Gasteiger partial charge in [0.1, 0.15) is 0 Å². The third-order valence-corrected chi connectivity index (χ3v) is 2.63. The molecule has 0 saturated heterocycles. The molecule has 0 N–H and O–H groups in total. The molecule has 0 unspecified atom stereocenters. The van der Waals surface area contributed by atoms with Gasteiger partial charge in [0.25, 0.3) is 0 Å². The molecular weight excluding hydrogens is 282 g/mol. The summed E-state index contributed by atoms with van der Waals surface area (Å²) < 4.78 is 76.1. The minimum atomic E-state index is -4.84. The van der Waals surface area contributed by atoms with Gasteiger partial charge in [-0.2, -0.15) is 26.3 Å². The Hall–Kier alpha value is -1.98. The highest BCUT2D eigenvalue weighted by atomic mass is 19.4. The molecule has 1 radical (unpaired) electrons. The summed E-state index contributed by atoms with van der Waals surface area (Å²) >= 11 is 0. The third kappa shape index (κ3) is 3.12. The van der Waals surface area contributed by atoms with Crippen LogP contribution in [-0.2, 0) is 12.4 Å². The Balaban J connectivity index is 2.64. The van der Waals surface area contributed by atoms with Crippen molar-refractivity contribution in [2.24, 2.45) is 0 Å². The molecule has 0 nitrogen and oxygen atoms in total. The summed E-state index contributed by atoms with van der Waals surface area (Å²) in [7, 11) is 0.